The quantitative estimate of drug-likeness (QED) is 0.926. The van der Waals surface area contributed by atoms with Crippen LogP contribution in [0.25, 0.3) is 0 Å². The van der Waals surface area contributed by atoms with Crippen molar-refractivity contribution in [3.8, 4) is 0 Å². The lowest BCUT2D eigenvalue weighted by atomic mass is 10.1. The van der Waals surface area contributed by atoms with Gasteiger partial charge in [-0.05, 0) is 30.7 Å². The maximum atomic E-state index is 12.9. The fraction of sp³-hybridized carbons (Fsp3) is 0.278. The molecule has 0 aliphatic carbocycles. The molecule has 0 saturated heterocycles. The minimum absolute atomic E-state index is 0.0413. The van der Waals surface area contributed by atoms with Crippen LogP contribution in [0.15, 0.2) is 52.1 Å². The third-order valence-corrected chi connectivity index (χ3v) is 4.30. The summed E-state index contributed by atoms with van der Waals surface area (Å²) in [4.78, 5) is 32.9. The number of aliphatic imine (C=N–C) groups is 1. The molecule has 3 amide bonds. The Labute approximate surface area is 144 Å². The molecule has 1 N–H and O–H groups in total. The van der Waals surface area contributed by atoms with E-state index in [-0.39, 0.29) is 18.5 Å². The maximum Gasteiger partial charge on any atom is 0.330 e. The summed E-state index contributed by atoms with van der Waals surface area (Å²) >= 11 is 0. The predicted octanol–water partition coefficient (Wildman–Crippen LogP) is 1.99. The number of carbonyl (C=O) groups is 2. The zero-order chi connectivity index (χ0) is 17.2. The van der Waals surface area contributed by atoms with E-state index < -0.39 is 0 Å². The average molecular weight is 338 g/mol. The van der Waals surface area contributed by atoms with Gasteiger partial charge in [-0.1, -0.05) is 12.1 Å². The molecule has 0 bridgehead atoms. The molecule has 2 aliphatic rings. The summed E-state index contributed by atoms with van der Waals surface area (Å²) < 4.78 is 5.20. The van der Waals surface area contributed by atoms with Gasteiger partial charge in [0.15, 0.2) is 0 Å². The zero-order valence-electron chi connectivity index (χ0n) is 13.6. The summed E-state index contributed by atoms with van der Waals surface area (Å²) in [6.45, 7) is 1.60. The van der Waals surface area contributed by atoms with Gasteiger partial charge in [0.1, 0.15) is 18.1 Å². The number of hydrogen-bond donors (Lipinski definition) is 1. The first kappa shape index (κ1) is 15.4. The molecule has 2 aliphatic heterocycles. The fourth-order valence-corrected chi connectivity index (χ4v) is 3.12. The molecular formula is C18H18N4O3. The normalized spacial score (nSPS) is 16.2. The fourth-order valence-electron chi connectivity index (χ4n) is 3.12. The van der Waals surface area contributed by atoms with E-state index in [1.807, 2.05) is 24.3 Å². The van der Waals surface area contributed by atoms with E-state index in [9.17, 15) is 9.59 Å². The number of furan rings is 1. The number of fused-ring (bicyclic) bond motifs is 3. The molecule has 7 heteroatoms. The summed E-state index contributed by atoms with van der Waals surface area (Å²) in [5, 5.41) is 2.78. The van der Waals surface area contributed by atoms with Crippen LogP contribution in [-0.2, 0) is 11.3 Å². The van der Waals surface area contributed by atoms with Crippen LogP contribution < -0.4 is 10.2 Å². The van der Waals surface area contributed by atoms with Crippen molar-refractivity contribution in [1.82, 2.24) is 10.2 Å². The van der Waals surface area contributed by atoms with Gasteiger partial charge in [0, 0.05) is 18.7 Å². The van der Waals surface area contributed by atoms with Crippen molar-refractivity contribution in [1.29, 1.82) is 0 Å². The number of urea groups is 1. The summed E-state index contributed by atoms with van der Waals surface area (Å²) in [6, 6.07) is 10.9. The third kappa shape index (κ3) is 2.88. The number of nitrogens with one attached hydrogen (secondary N) is 1. The lowest BCUT2D eigenvalue weighted by molar-refractivity contribution is -0.119. The molecule has 0 unspecified atom stereocenters. The Morgan fingerprint density at radius 1 is 1.24 bits per heavy atom. The van der Waals surface area contributed by atoms with E-state index in [4.69, 9.17) is 4.42 Å². The molecule has 2 aromatic rings. The molecule has 0 spiro atoms. The van der Waals surface area contributed by atoms with E-state index in [0.717, 1.165) is 24.2 Å². The Bertz CT molecular complexity index is 829. The highest BCUT2D eigenvalue weighted by atomic mass is 16.3. The zero-order valence-corrected chi connectivity index (χ0v) is 13.6. The Hall–Kier alpha value is -3.09. The molecule has 0 fully saturated rings. The van der Waals surface area contributed by atoms with E-state index in [1.165, 1.54) is 4.90 Å². The number of nitrogens with zero attached hydrogens (tertiary/aromatic N) is 3. The largest absolute Gasteiger partial charge is 0.467 e. The minimum atomic E-state index is -0.239. The molecule has 4 rings (SSSR count). The first-order chi connectivity index (χ1) is 12.2. The maximum absolute atomic E-state index is 12.9. The summed E-state index contributed by atoms with van der Waals surface area (Å²) in [6.07, 6.45) is 2.39. The highest BCUT2D eigenvalue weighted by Crippen LogP contribution is 2.30. The number of amidine groups is 1. The second kappa shape index (κ2) is 6.43. The highest BCUT2D eigenvalue weighted by molar-refractivity contribution is 6.20. The van der Waals surface area contributed by atoms with Crippen molar-refractivity contribution in [2.24, 2.45) is 4.99 Å². The van der Waals surface area contributed by atoms with Crippen molar-refractivity contribution in [3.63, 3.8) is 0 Å². The molecule has 1 aromatic heterocycles. The van der Waals surface area contributed by atoms with Gasteiger partial charge in [-0.2, -0.15) is 0 Å². The van der Waals surface area contributed by atoms with Gasteiger partial charge < -0.3 is 9.73 Å². The lowest BCUT2D eigenvalue weighted by Gasteiger charge is -2.39. The summed E-state index contributed by atoms with van der Waals surface area (Å²) in [5.41, 5.74) is 1.61. The van der Waals surface area contributed by atoms with Crippen LogP contribution in [0.1, 0.15) is 17.7 Å². The molecular weight excluding hydrogens is 320 g/mol. The Kier molecular flexibility index (Phi) is 3.97. The second-order valence-corrected chi connectivity index (χ2v) is 5.95. The first-order valence-corrected chi connectivity index (χ1v) is 8.26. The van der Waals surface area contributed by atoms with Crippen molar-refractivity contribution >= 4 is 23.5 Å². The minimum Gasteiger partial charge on any atom is -0.467 e. The summed E-state index contributed by atoms with van der Waals surface area (Å²) in [7, 11) is 0. The van der Waals surface area contributed by atoms with Gasteiger partial charge in [0.05, 0.1) is 18.5 Å². The van der Waals surface area contributed by atoms with E-state index >= 15 is 0 Å². The smallest absolute Gasteiger partial charge is 0.330 e. The van der Waals surface area contributed by atoms with Crippen molar-refractivity contribution in [2.75, 3.05) is 24.5 Å². The molecule has 0 radical (unpaired) electrons. The SMILES string of the molecule is O=C(CN1C(=O)N2CCCN=C2c2ccccc21)NCc1ccco1. The Morgan fingerprint density at radius 2 is 2.12 bits per heavy atom. The molecule has 0 saturated carbocycles. The number of benzene rings is 1. The van der Waals surface area contributed by atoms with Gasteiger partial charge in [0.25, 0.3) is 0 Å². The highest BCUT2D eigenvalue weighted by Gasteiger charge is 2.36. The topological polar surface area (TPSA) is 78.2 Å². The van der Waals surface area contributed by atoms with Crippen molar-refractivity contribution < 1.29 is 14.0 Å². The summed E-state index contributed by atoms with van der Waals surface area (Å²) in [5.74, 6) is 1.14. The lowest BCUT2D eigenvalue weighted by Crippen LogP contribution is -2.55. The average Bonchev–Trinajstić information content (AvgIpc) is 3.17. The Balaban J connectivity index is 1.56. The van der Waals surface area contributed by atoms with Gasteiger partial charge in [-0.15, -0.1) is 0 Å². The van der Waals surface area contributed by atoms with Crippen LogP contribution in [0.2, 0.25) is 0 Å². The van der Waals surface area contributed by atoms with Gasteiger partial charge in [-0.25, -0.2) is 4.79 Å². The molecule has 3 heterocycles. The van der Waals surface area contributed by atoms with Gasteiger partial charge in [0.2, 0.25) is 5.91 Å². The number of carbonyl (C=O) groups excluding carboxylic acids is 2. The number of rotatable bonds is 4. The van der Waals surface area contributed by atoms with Crippen LogP contribution in [0.4, 0.5) is 10.5 Å². The van der Waals surface area contributed by atoms with Crippen LogP contribution in [0, 0.1) is 0 Å². The first-order valence-electron chi connectivity index (χ1n) is 8.26. The monoisotopic (exact) mass is 338 g/mol. The van der Waals surface area contributed by atoms with E-state index in [1.54, 1.807) is 23.3 Å². The second-order valence-electron chi connectivity index (χ2n) is 5.95. The predicted molar refractivity (Wildman–Crippen MR) is 92.5 cm³/mol. The number of amides is 3. The molecule has 128 valence electrons. The third-order valence-electron chi connectivity index (χ3n) is 4.30. The van der Waals surface area contributed by atoms with Gasteiger partial charge in [-0.3, -0.25) is 19.6 Å². The van der Waals surface area contributed by atoms with Crippen LogP contribution in [0.3, 0.4) is 0 Å². The van der Waals surface area contributed by atoms with E-state index in [2.05, 4.69) is 10.3 Å². The molecule has 1 aromatic carbocycles. The number of para-hydroxylation sites is 1. The van der Waals surface area contributed by atoms with Crippen LogP contribution in [0.5, 0.6) is 0 Å². The van der Waals surface area contributed by atoms with Crippen LogP contribution in [-0.4, -0.2) is 42.3 Å². The molecule has 0 atom stereocenters. The molecule has 7 nitrogen and oxygen atoms in total. The van der Waals surface area contributed by atoms with Crippen LogP contribution >= 0.6 is 0 Å². The van der Waals surface area contributed by atoms with Gasteiger partial charge >= 0.3 is 6.03 Å². The number of anilines is 1. The number of hydrogen-bond acceptors (Lipinski definition) is 4. The standard InChI is InChI=1S/C18H18N4O3/c23-16(20-11-13-5-3-10-25-13)12-22-15-7-2-1-6-14(15)17-19-8-4-9-21(17)18(22)24/h1-3,5-7,10H,4,8-9,11-12H2,(H,20,23). The molecule has 25 heavy (non-hydrogen) atoms. The van der Waals surface area contributed by atoms with E-state index in [0.29, 0.717) is 24.7 Å². The Morgan fingerprint density at radius 3 is 2.96 bits per heavy atom. The van der Waals surface area contributed by atoms with Crippen molar-refractivity contribution in [2.45, 2.75) is 13.0 Å². The van der Waals surface area contributed by atoms with Crippen molar-refractivity contribution in [3.05, 3.63) is 54.0 Å².